The third-order valence-corrected chi connectivity index (χ3v) is 5.24. The van der Waals surface area contributed by atoms with Crippen LogP contribution in [0.1, 0.15) is 52.2 Å². The topological polar surface area (TPSA) is 57.6 Å². The van der Waals surface area contributed by atoms with Crippen molar-refractivity contribution in [2.24, 2.45) is 0 Å². The van der Waals surface area contributed by atoms with Gasteiger partial charge in [0.15, 0.2) is 0 Å². The van der Waals surface area contributed by atoms with Gasteiger partial charge in [-0.1, -0.05) is 6.42 Å². The highest BCUT2D eigenvalue weighted by Crippen LogP contribution is 2.33. The lowest BCUT2D eigenvalue weighted by atomic mass is 10.1. The summed E-state index contributed by atoms with van der Waals surface area (Å²) in [6.07, 6.45) is 7.64. The highest BCUT2D eigenvalue weighted by Gasteiger charge is 2.35. The van der Waals surface area contributed by atoms with Crippen LogP contribution in [0.15, 0.2) is 6.07 Å². The Labute approximate surface area is 122 Å². The molecule has 1 aromatic heterocycles. The quantitative estimate of drug-likeness (QED) is 0.868. The normalized spacial score (nSPS) is 18.2. The van der Waals surface area contributed by atoms with Crippen molar-refractivity contribution < 1.29 is 14.7 Å². The van der Waals surface area contributed by atoms with E-state index in [1.54, 1.807) is 11.3 Å². The molecule has 2 aliphatic rings. The maximum absolute atomic E-state index is 12.5. The van der Waals surface area contributed by atoms with Gasteiger partial charge in [-0.15, -0.1) is 11.3 Å². The van der Waals surface area contributed by atoms with Crippen molar-refractivity contribution in [1.82, 2.24) is 4.90 Å². The second-order valence-corrected chi connectivity index (χ2v) is 6.81. The van der Waals surface area contributed by atoms with Crippen LogP contribution in [0.4, 0.5) is 0 Å². The van der Waals surface area contributed by atoms with Crippen LogP contribution < -0.4 is 0 Å². The van der Waals surface area contributed by atoms with Crippen molar-refractivity contribution in [2.45, 2.75) is 51.0 Å². The van der Waals surface area contributed by atoms with Crippen LogP contribution in [-0.2, 0) is 17.6 Å². The maximum Gasteiger partial charge on any atom is 0.323 e. The molecular formula is C15H19NO3S. The highest BCUT2D eigenvalue weighted by molar-refractivity contribution is 7.14. The summed E-state index contributed by atoms with van der Waals surface area (Å²) in [6.45, 7) is -0.175. The molecule has 1 heterocycles. The smallest absolute Gasteiger partial charge is 0.323 e. The fourth-order valence-corrected chi connectivity index (χ4v) is 4.02. The van der Waals surface area contributed by atoms with Gasteiger partial charge in [0.1, 0.15) is 6.54 Å². The summed E-state index contributed by atoms with van der Waals surface area (Å²) in [7, 11) is 0. The highest BCUT2D eigenvalue weighted by atomic mass is 32.1. The zero-order valence-corrected chi connectivity index (χ0v) is 12.2. The van der Waals surface area contributed by atoms with Gasteiger partial charge in [0.05, 0.1) is 4.88 Å². The third kappa shape index (κ3) is 2.87. The average molecular weight is 293 g/mol. The van der Waals surface area contributed by atoms with Gasteiger partial charge in [0.2, 0.25) is 0 Å². The molecule has 1 fully saturated rings. The molecule has 108 valence electrons. The minimum Gasteiger partial charge on any atom is -0.480 e. The molecule has 5 heteroatoms. The minimum absolute atomic E-state index is 0.0898. The number of thiophene rings is 1. The number of carbonyl (C=O) groups excluding carboxylic acids is 1. The number of rotatable bonds is 4. The van der Waals surface area contributed by atoms with Gasteiger partial charge in [-0.3, -0.25) is 9.59 Å². The number of carboxylic acids is 1. The van der Waals surface area contributed by atoms with E-state index in [0.717, 1.165) is 30.6 Å². The molecule has 1 amide bonds. The van der Waals surface area contributed by atoms with Crippen molar-refractivity contribution in [3.05, 3.63) is 21.4 Å². The number of carboxylic acid groups (broad SMARTS) is 1. The Morgan fingerprint density at radius 1 is 1.25 bits per heavy atom. The first kappa shape index (κ1) is 13.6. The number of hydrogen-bond acceptors (Lipinski definition) is 3. The van der Waals surface area contributed by atoms with Crippen LogP contribution in [0, 0.1) is 0 Å². The van der Waals surface area contributed by atoms with Crippen LogP contribution in [-0.4, -0.2) is 34.5 Å². The fraction of sp³-hybridized carbons (Fsp3) is 0.600. The first-order chi connectivity index (χ1) is 9.65. The molecule has 0 aliphatic heterocycles. The lowest BCUT2D eigenvalue weighted by Gasteiger charge is -2.19. The van der Waals surface area contributed by atoms with Gasteiger partial charge in [0.25, 0.3) is 5.91 Å². The Kier molecular flexibility index (Phi) is 3.78. The molecule has 20 heavy (non-hydrogen) atoms. The molecule has 0 atom stereocenters. The number of amides is 1. The first-order valence-corrected chi connectivity index (χ1v) is 8.11. The zero-order valence-electron chi connectivity index (χ0n) is 11.4. The summed E-state index contributed by atoms with van der Waals surface area (Å²) in [5.41, 5.74) is 1.31. The Morgan fingerprint density at radius 2 is 2.00 bits per heavy atom. The van der Waals surface area contributed by atoms with Crippen molar-refractivity contribution in [3.8, 4) is 0 Å². The van der Waals surface area contributed by atoms with E-state index in [1.807, 2.05) is 6.07 Å². The van der Waals surface area contributed by atoms with Crippen molar-refractivity contribution in [1.29, 1.82) is 0 Å². The second-order valence-electron chi connectivity index (χ2n) is 5.68. The van der Waals surface area contributed by atoms with E-state index in [4.69, 9.17) is 5.11 Å². The fourth-order valence-electron chi connectivity index (χ4n) is 2.81. The molecule has 0 spiro atoms. The summed E-state index contributed by atoms with van der Waals surface area (Å²) in [4.78, 5) is 27.1. The molecule has 0 aromatic carbocycles. The van der Waals surface area contributed by atoms with Gasteiger partial charge >= 0.3 is 5.97 Å². The molecule has 0 unspecified atom stereocenters. The monoisotopic (exact) mass is 293 g/mol. The Hall–Kier alpha value is -1.36. The Morgan fingerprint density at radius 3 is 2.70 bits per heavy atom. The Balaban J connectivity index is 1.80. The lowest BCUT2D eigenvalue weighted by molar-refractivity contribution is -0.137. The van der Waals surface area contributed by atoms with Crippen LogP contribution in [0.2, 0.25) is 0 Å². The summed E-state index contributed by atoms with van der Waals surface area (Å²) in [5.74, 6) is -1.02. The largest absolute Gasteiger partial charge is 0.480 e. The summed E-state index contributed by atoms with van der Waals surface area (Å²) in [6, 6.07) is 2.14. The molecule has 0 saturated heterocycles. The number of fused-ring (bicyclic) bond motifs is 1. The van der Waals surface area contributed by atoms with Crippen LogP contribution in [0.3, 0.4) is 0 Å². The number of aliphatic carboxylic acids is 1. The summed E-state index contributed by atoms with van der Waals surface area (Å²) >= 11 is 1.57. The van der Waals surface area contributed by atoms with Crippen molar-refractivity contribution >= 4 is 23.2 Å². The van der Waals surface area contributed by atoms with Gasteiger partial charge in [-0.05, 0) is 50.2 Å². The standard InChI is InChI=1S/C15H19NO3S/c17-14(18)9-16(11-6-7-11)15(19)13-8-10-4-2-1-3-5-12(10)20-13/h8,11H,1-7,9H2,(H,17,18). The van der Waals surface area contributed by atoms with E-state index in [2.05, 4.69) is 0 Å². The first-order valence-electron chi connectivity index (χ1n) is 7.29. The third-order valence-electron chi connectivity index (χ3n) is 4.01. The van der Waals surface area contributed by atoms with Crippen LogP contribution in [0.5, 0.6) is 0 Å². The van der Waals surface area contributed by atoms with E-state index in [1.165, 1.54) is 34.6 Å². The molecule has 0 bridgehead atoms. The number of carbonyl (C=O) groups is 2. The van der Waals surface area contributed by atoms with Crippen LogP contribution in [0.25, 0.3) is 0 Å². The van der Waals surface area contributed by atoms with Gasteiger partial charge in [-0.25, -0.2) is 0 Å². The predicted molar refractivity (Wildman–Crippen MR) is 77.3 cm³/mol. The molecular weight excluding hydrogens is 274 g/mol. The van der Waals surface area contributed by atoms with Crippen molar-refractivity contribution in [2.75, 3.05) is 6.54 Å². The van der Waals surface area contributed by atoms with E-state index in [9.17, 15) is 9.59 Å². The number of hydrogen-bond donors (Lipinski definition) is 1. The van der Waals surface area contributed by atoms with Gasteiger partial charge in [-0.2, -0.15) is 0 Å². The predicted octanol–water partition coefficient (Wildman–Crippen LogP) is 2.71. The zero-order chi connectivity index (χ0) is 14.1. The number of aryl methyl sites for hydroxylation is 2. The average Bonchev–Trinajstić information content (AvgIpc) is 3.20. The van der Waals surface area contributed by atoms with E-state index in [0.29, 0.717) is 0 Å². The molecule has 1 saturated carbocycles. The molecule has 3 rings (SSSR count). The summed E-state index contributed by atoms with van der Waals surface area (Å²) in [5, 5.41) is 8.97. The van der Waals surface area contributed by atoms with E-state index < -0.39 is 5.97 Å². The number of nitrogens with zero attached hydrogens (tertiary/aromatic N) is 1. The summed E-state index contributed by atoms with van der Waals surface area (Å²) < 4.78 is 0. The minimum atomic E-state index is -0.927. The van der Waals surface area contributed by atoms with Crippen LogP contribution >= 0.6 is 11.3 Å². The van der Waals surface area contributed by atoms with E-state index >= 15 is 0 Å². The molecule has 4 nitrogen and oxygen atoms in total. The van der Waals surface area contributed by atoms with Crippen molar-refractivity contribution in [3.63, 3.8) is 0 Å². The molecule has 0 radical (unpaired) electrons. The molecule has 2 aliphatic carbocycles. The maximum atomic E-state index is 12.5. The van der Waals surface area contributed by atoms with Gasteiger partial charge < -0.3 is 10.0 Å². The molecule has 1 aromatic rings. The lowest BCUT2D eigenvalue weighted by Crippen LogP contribution is -2.37. The molecule has 1 N–H and O–H groups in total. The van der Waals surface area contributed by atoms with Gasteiger partial charge in [0, 0.05) is 10.9 Å². The second kappa shape index (κ2) is 5.56. The Bertz CT molecular complexity index is 510. The van der Waals surface area contributed by atoms with E-state index in [-0.39, 0.29) is 18.5 Å². The SMILES string of the molecule is O=C(O)CN(C(=O)c1cc2c(s1)CCCCC2)C1CC1.